The van der Waals surface area contributed by atoms with Crippen LogP contribution in [0, 0.1) is 0 Å². The van der Waals surface area contributed by atoms with Crippen LogP contribution < -0.4 is 0 Å². The molecule has 0 N–H and O–H groups in total. The lowest BCUT2D eigenvalue weighted by Crippen LogP contribution is -2.43. The molecule has 0 aromatic heterocycles. The van der Waals surface area contributed by atoms with Gasteiger partial charge in [0.15, 0.2) is 0 Å². The summed E-state index contributed by atoms with van der Waals surface area (Å²) < 4.78 is 12.8. The number of ether oxygens (including phenoxy) is 2. The first-order valence-corrected chi connectivity index (χ1v) is 18.1. The SMILES string of the molecule is CCCCCCCCCC[N+](C)(C)CCOC(=O)CCCCCCC(=O)OCC[N+](C)(C)CCCCCCCCCC. The highest BCUT2D eigenvalue weighted by atomic mass is 16.5. The van der Waals surface area contributed by atoms with Gasteiger partial charge in [0, 0.05) is 12.8 Å². The van der Waals surface area contributed by atoms with E-state index in [0.29, 0.717) is 26.1 Å². The molecule has 0 atom stereocenters. The Kier molecular flexibility index (Phi) is 26.7. The largest absolute Gasteiger partial charge is 0.460 e. The summed E-state index contributed by atoms with van der Waals surface area (Å²) in [5.74, 6) is -0.177. The summed E-state index contributed by atoms with van der Waals surface area (Å²) in [4.78, 5) is 24.2. The second-order valence-electron chi connectivity index (χ2n) is 14.1. The highest BCUT2D eigenvalue weighted by Gasteiger charge is 2.17. The lowest BCUT2D eigenvalue weighted by atomic mass is 10.1. The van der Waals surface area contributed by atoms with Gasteiger partial charge in [0.05, 0.1) is 41.3 Å². The third kappa shape index (κ3) is 29.0. The van der Waals surface area contributed by atoms with E-state index in [1.165, 1.54) is 103 Å². The number of likely N-dealkylation sites (N-methyl/N-ethyl adjacent to an activating group) is 2. The molecule has 0 aliphatic heterocycles. The molecule has 0 aliphatic carbocycles. The van der Waals surface area contributed by atoms with E-state index in [2.05, 4.69) is 42.0 Å². The summed E-state index contributed by atoms with van der Waals surface area (Å²) in [6, 6.07) is 0. The molecule has 0 rings (SSSR count). The molecule has 6 nitrogen and oxygen atoms in total. The molecule has 0 aliphatic rings. The first kappa shape index (κ1) is 40.9. The summed E-state index contributed by atoms with van der Waals surface area (Å²) in [5, 5.41) is 0. The fraction of sp³-hybridized carbons (Fsp3) is 0.944. The molecule has 0 radical (unpaired) electrons. The Morgan fingerprint density at radius 1 is 0.405 bits per heavy atom. The van der Waals surface area contributed by atoms with E-state index >= 15 is 0 Å². The van der Waals surface area contributed by atoms with Crippen LogP contribution in [0.4, 0.5) is 0 Å². The Hall–Kier alpha value is -1.14. The number of carbonyl (C=O) groups excluding carboxylic acids is 2. The van der Waals surface area contributed by atoms with E-state index in [-0.39, 0.29) is 11.9 Å². The van der Waals surface area contributed by atoms with Gasteiger partial charge >= 0.3 is 11.9 Å². The number of esters is 2. The van der Waals surface area contributed by atoms with Gasteiger partial charge in [-0.15, -0.1) is 0 Å². The summed E-state index contributed by atoms with van der Waals surface area (Å²) in [6.07, 6.45) is 25.9. The molecular formula is C36H74N2O4+2. The molecule has 0 bridgehead atoms. The summed E-state index contributed by atoms with van der Waals surface area (Å²) in [5.41, 5.74) is 0. The Labute approximate surface area is 262 Å². The summed E-state index contributed by atoms with van der Waals surface area (Å²) in [7, 11) is 8.94. The molecule has 0 fully saturated rings. The molecule has 6 heteroatoms. The van der Waals surface area contributed by atoms with Crippen LogP contribution in [0.25, 0.3) is 0 Å². The Bertz CT molecular complexity index is 582. The van der Waals surface area contributed by atoms with Gasteiger partial charge in [-0.1, -0.05) is 104 Å². The number of nitrogens with zero attached hydrogens (tertiary/aromatic N) is 2. The van der Waals surface area contributed by atoms with E-state index in [1.807, 2.05) is 0 Å². The monoisotopic (exact) mass is 599 g/mol. The Morgan fingerprint density at radius 3 is 1.02 bits per heavy atom. The topological polar surface area (TPSA) is 52.6 Å². The number of unbranched alkanes of at least 4 members (excludes halogenated alkanes) is 17. The first-order chi connectivity index (χ1) is 20.1. The predicted molar refractivity (Wildman–Crippen MR) is 179 cm³/mol. The van der Waals surface area contributed by atoms with Crippen LogP contribution in [0.3, 0.4) is 0 Å². The van der Waals surface area contributed by atoms with Crippen molar-refractivity contribution in [2.24, 2.45) is 0 Å². The number of quaternary nitrogens is 2. The van der Waals surface area contributed by atoms with E-state index in [1.54, 1.807) is 0 Å². The van der Waals surface area contributed by atoms with Gasteiger partial charge in [0.2, 0.25) is 0 Å². The standard InChI is InChI=1S/C36H74N2O4/c1-7-9-11-13-15-17-21-25-29-37(3,4)31-33-41-35(39)27-23-19-20-24-28-36(40)42-34-32-38(5,6)30-26-22-18-16-14-12-10-8-2/h7-34H2,1-6H3/q+2. The number of rotatable bonds is 31. The zero-order valence-corrected chi connectivity index (χ0v) is 29.3. The molecule has 0 unspecified atom stereocenters. The van der Waals surface area contributed by atoms with Crippen LogP contribution in [0.15, 0.2) is 0 Å². The Balaban J connectivity index is 3.65. The van der Waals surface area contributed by atoms with Gasteiger partial charge in [-0.2, -0.15) is 0 Å². The van der Waals surface area contributed by atoms with Crippen LogP contribution in [-0.4, -0.2) is 88.5 Å². The van der Waals surface area contributed by atoms with Crippen molar-refractivity contribution in [2.75, 3.05) is 67.6 Å². The van der Waals surface area contributed by atoms with Gasteiger partial charge in [0.1, 0.15) is 26.3 Å². The minimum absolute atomic E-state index is 0.0887. The Morgan fingerprint density at radius 2 is 0.690 bits per heavy atom. The predicted octanol–water partition coefficient (Wildman–Crippen LogP) is 8.85. The molecule has 0 aromatic rings. The third-order valence-corrected chi connectivity index (χ3v) is 8.67. The third-order valence-electron chi connectivity index (χ3n) is 8.67. The van der Waals surface area contributed by atoms with Crippen LogP contribution in [0.2, 0.25) is 0 Å². The van der Waals surface area contributed by atoms with Crippen molar-refractivity contribution in [2.45, 2.75) is 155 Å². The van der Waals surface area contributed by atoms with Gasteiger partial charge in [-0.3, -0.25) is 9.59 Å². The van der Waals surface area contributed by atoms with Crippen molar-refractivity contribution in [3.05, 3.63) is 0 Å². The van der Waals surface area contributed by atoms with E-state index in [4.69, 9.17) is 9.47 Å². The fourth-order valence-electron chi connectivity index (χ4n) is 5.42. The number of hydrogen-bond donors (Lipinski definition) is 0. The normalized spacial score (nSPS) is 12.0. The quantitative estimate of drug-likeness (QED) is 0.0454. The van der Waals surface area contributed by atoms with Crippen molar-refractivity contribution in [1.29, 1.82) is 0 Å². The molecule has 0 spiro atoms. The highest BCUT2D eigenvalue weighted by molar-refractivity contribution is 5.69. The fourth-order valence-corrected chi connectivity index (χ4v) is 5.42. The molecule has 42 heavy (non-hydrogen) atoms. The maximum Gasteiger partial charge on any atom is 0.305 e. The van der Waals surface area contributed by atoms with Crippen molar-refractivity contribution >= 4 is 11.9 Å². The van der Waals surface area contributed by atoms with Crippen LogP contribution >= 0.6 is 0 Å². The zero-order valence-electron chi connectivity index (χ0n) is 29.3. The van der Waals surface area contributed by atoms with Gasteiger partial charge in [-0.05, 0) is 38.5 Å². The minimum Gasteiger partial charge on any atom is -0.460 e. The smallest absolute Gasteiger partial charge is 0.305 e. The lowest BCUT2D eigenvalue weighted by Gasteiger charge is -2.29. The first-order valence-electron chi connectivity index (χ1n) is 18.1. The van der Waals surface area contributed by atoms with Crippen molar-refractivity contribution in [1.82, 2.24) is 0 Å². The maximum absolute atomic E-state index is 12.1. The van der Waals surface area contributed by atoms with E-state index < -0.39 is 0 Å². The molecule has 250 valence electrons. The van der Waals surface area contributed by atoms with Crippen molar-refractivity contribution in [3.8, 4) is 0 Å². The molecule has 0 aromatic carbocycles. The van der Waals surface area contributed by atoms with E-state index in [0.717, 1.165) is 60.8 Å². The molecule has 0 amide bonds. The lowest BCUT2D eigenvalue weighted by molar-refractivity contribution is -0.890. The highest BCUT2D eigenvalue weighted by Crippen LogP contribution is 2.12. The van der Waals surface area contributed by atoms with Crippen LogP contribution in [-0.2, 0) is 19.1 Å². The molecule has 0 heterocycles. The van der Waals surface area contributed by atoms with Crippen LogP contribution in [0.1, 0.15) is 155 Å². The van der Waals surface area contributed by atoms with Gasteiger partial charge in [-0.25, -0.2) is 0 Å². The zero-order chi connectivity index (χ0) is 31.4. The summed E-state index contributed by atoms with van der Waals surface area (Å²) in [6.45, 7) is 9.57. The van der Waals surface area contributed by atoms with E-state index in [9.17, 15) is 9.59 Å². The molecular weight excluding hydrogens is 524 g/mol. The average Bonchev–Trinajstić information content (AvgIpc) is 2.93. The van der Waals surface area contributed by atoms with Crippen molar-refractivity contribution < 1.29 is 28.0 Å². The number of carbonyl (C=O) groups is 2. The molecule has 0 saturated carbocycles. The average molecular weight is 599 g/mol. The molecule has 0 saturated heterocycles. The van der Waals surface area contributed by atoms with Crippen LogP contribution in [0.5, 0.6) is 0 Å². The summed E-state index contributed by atoms with van der Waals surface area (Å²) >= 11 is 0. The maximum atomic E-state index is 12.1. The minimum atomic E-state index is -0.0887. The number of hydrogen-bond acceptors (Lipinski definition) is 4. The second kappa shape index (κ2) is 27.4. The second-order valence-corrected chi connectivity index (χ2v) is 14.1. The van der Waals surface area contributed by atoms with Crippen molar-refractivity contribution in [3.63, 3.8) is 0 Å². The van der Waals surface area contributed by atoms with Gasteiger partial charge < -0.3 is 18.4 Å². The van der Waals surface area contributed by atoms with Gasteiger partial charge in [0.25, 0.3) is 0 Å².